The van der Waals surface area contributed by atoms with Crippen LogP contribution in [0, 0.1) is 0 Å². The van der Waals surface area contributed by atoms with E-state index in [0.717, 1.165) is 0 Å². The van der Waals surface area contributed by atoms with Crippen LogP contribution in [0.1, 0.15) is 19.3 Å². The Morgan fingerprint density at radius 1 is 1.07 bits per heavy atom. The first kappa shape index (κ1) is 9.72. The van der Waals surface area contributed by atoms with Gasteiger partial charge in [-0.05, 0) is 19.3 Å². The van der Waals surface area contributed by atoms with Gasteiger partial charge in [0, 0.05) is 0 Å². The molecular weight excluding hydrogens is 184 g/mol. The molecule has 0 bridgehead atoms. The molecule has 14 heavy (non-hydrogen) atoms. The third kappa shape index (κ3) is 1.98. The highest BCUT2D eigenvalue weighted by atomic mass is 28.3. The maximum atomic E-state index is 2.59. The van der Waals surface area contributed by atoms with E-state index in [1.807, 2.05) is 0 Å². The van der Waals surface area contributed by atoms with Gasteiger partial charge in [-0.15, -0.1) is 0 Å². The van der Waals surface area contributed by atoms with Gasteiger partial charge in [0.1, 0.15) is 8.07 Å². The normalized spacial score (nSPS) is 16.3. The Kier molecular flexibility index (Phi) is 2.59. The predicted octanol–water partition coefficient (Wildman–Crippen LogP) is 3.25. The first-order valence-electron chi connectivity index (χ1n) is 5.45. The van der Waals surface area contributed by atoms with Gasteiger partial charge in [0.05, 0.1) is 0 Å². The molecule has 0 amide bonds. The Hall–Kier alpha value is -0.823. The summed E-state index contributed by atoms with van der Waals surface area (Å²) in [5, 5.41) is 1.56. The van der Waals surface area contributed by atoms with Crippen molar-refractivity contribution in [2.75, 3.05) is 0 Å². The van der Waals surface area contributed by atoms with Crippen LogP contribution < -0.4 is 5.19 Å². The van der Waals surface area contributed by atoms with E-state index in [9.17, 15) is 0 Å². The van der Waals surface area contributed by atoms with Gasteiger partial charge >= 0.3 is 0 Å². The summed E-state index contributed by atoms with van der Waals surface area (Å²) in [5.74, 6) is 0. The lowest BCUT2D eigenvalue weighted by Gasteiger charge is -2.24. The Morgan fingerprint density at radius 2 is 1.71 bits per heavy atom. The molecule has 1 aromatic rings. The highest BCUT2D eigenvalue weighted by Crippen LogP contribution is 2.27. The van der Waals surface area contributed by atoms with Crippen molar-refractivity contribution in [3.63, 3.8) is 0 Å². The zero-order chi connectivity index (χ0) is 10.0. The zero-order valence-electron chi connectivity index (χ0n) is 9.09. The number of rotatable bonds is 2. The predicted molar refractivity (Wildman–Crippen MR) is 65.5 cm³/mol. The third-order valence-corrected chi connectivity index (χ3v) is 6.03. The first-order chi connectivity index (χ1) is 6.68. The van der Waals surface area contributed by atoms with Crippen LogP contribution in [0.15, 0.2) is 41.6 Å². The summed E-state index contributed by atoms with van der Waals surface area (Å²) in [5.41, 5.74) is 4.29. The number of allylic oxidation sites excluding steroid dienone is 1. The summed E-state index contributed by atoms with van der Waals surface area (Å²) in [7, 11) is -1.27. The number of hydrogen-bond donors (Lipinski definition) is 0. The van der Waals surface area contributed by atoms with Gasteiger partial charge in [0.25, 0.3) is 0 Å². The van der Waals surface area contributed by atoms with Crippen molar-refractivity contribution in [1.29, 1.82) is 0 Å². The molecule has 0 nitrogen and oxygen atoms in total. The standard InChI is InChI=1S/C13H18Si/c1-14(2,11-12-7-6-8-12)13-9-4-3-5-10-13/h3-5,9-11H,6-8H2,1-2H3. The molecule has 1 aliphatic rings. The van der Waals surface area contributed by atoms with Crippen LogP contribution in [0.4, 0.5) is 0 Å². The maximum Gasteiger partial charge on any atom is 0.104 e. The van der Waals surface area contributed by atoms with Gasteiger partial charge in [0.2, 0.25) is 0 Å². The molecule has 2 rings (SSSR count). The maximum absolute atomic E-state index is 2.59. The van der Waals surface area contributed by atoms with Crippen LogP contribution in [-0.4, -0.2) is 8.07 Å². The minimum Gasteiger partial charge on any atom is -0.0911 e. The Labute approximate surface area is 87.7 Å². The topological polar surface area (TPSA) is 0 Å². The molecule has 74 valence electrons. The van der Waals surface area contributed by atoms with E-state index in [1.54, 1.807) is 10.8 Å². The van der Waals surface area contributed by atoms with Crippen LogP contribution in [-0.2, 0) is 0 Å². The summed E-state index contributed by atoms with van der Waals surface area (Å²) in [6.07, 6.45) is 4.11. The summed E-state index contributed by atoms with van der Waals surface area (Å²) in [4.78, 5) is 0. The molecule has 0 N–H and O–H groups in total. The summed E-state index contributed by atoms with van der Waals surface area (Å²) in [6.45, 7) is 4.88. The van der Waals surface area contributed by atoms with E-state index < -0.39 is 8.07 Å². The molecule has 1 aliphatic carbocycles. The van der Waals surface area contributed by atoms with Crippen LogP contribution in [0.25, 0.3) is 0 Å². The molecular formula is C13H18Si. The molecule has 1 aromatic carbocycles. The highest BCUT2D eigenvalue weighted by Gasteiger charge is 2.22. The van der Waals surface area contributed by atoms with Gasteiger partial charge in [-0.1, -0.05) is 59.9 Å². The largest absolute Gasteiger partial charge is 0.104 e. The first-order valence-corrected chi connectivity index (χ1v) is 8.52. The van der Waals surface area contributed by atoms with Crippen molar-refractivity contribution in [1.82, 2.24) is 0 Å². The minimum absolute atomic E-state index is 1.27. The molecule has 1 fully saturated rings. The lowest BCUT2D eigenvalue weighted by molar-refractivity contribution is 0.664. The van der Waals surface area contributed by atoms with Crippen molar-refractivity contribution in [3.8, 4) is 0 Å². The fourth-order valence-corrected chi connectivity index (χ4v) is 4.51. The molecule has 0 aliphatic heterocycles. The van der Waals surface area contributed by atoms with E-state index in [4.69, 9.17) is 0 Å². The number of hydrogen-bond acceptors (Lipinski definition) is 0. The van der Waals surface area contributed by atoms with E-state index in [-0.39, 0.29) is 0 Å². The van der Waals surface area contributed by atoms with Crippen LogP contribution in [0.3, 0.4) is 0 Å². The summed E-state index contributed by atoms with van der Waals surface area (Å²) < 4.78 is 0. The molecule has 0 aromatic heterocycles. The minimum atomic E-state index is -1.27. The number of benzene rings is 1. The molecule has 0 heterocycles. The molecule has 0 radical (unpaired) electrons. The highest BCUT2D eigenvalue weighted by molar-refractivity contribution is 6.94. The lowest BCUT2D eigenvalue weighted by atomic mass is 9.94. The molecule has 0 spiro atoms. The average molecular weight is 202 g/mol. The van der Waals surface area contributed by atoms with Gasteiger partial charge in [-0.3, -0.25) is 0 Å². The van der Waals surface area contributed by atoms with Crippen molar-refractivity contribution in [2.45, 2.75) is 32.4 Å². The lowest BCUT2D eigenvalue weighted by Crippen LogP contribution is -2.40. The Morgan fingerprint density at radius 3 is 2.21 bits per heavy atom. The van der Waals surface area contributed by atoms with E-state index in [1.165, 1.54) is 19.3 Å². The second-order valence-corrected chi connectivity index (χ2v) is 9.05. The smallest absolute Gasteiger partial charge is 0.0911 e. The van der Waals surface area contributed by atoms with Crippen molar-refractivity contribution < 1.29 is 0 Å². The summed E-state index contributed by atoms with van der Waals surface area (Å²) in [6, 6.07) is 11.0. The van der Waals surface area contributed by atoms with Crippen molar-refractivity contribution in [3.05, 3.63) is 41.6 Å². The molecule has 0 unspecified atom stereocenters. The van der Waals surface area contributed by atoms with Crippen molar-refractivity contribution in [2.24, 2.45) is 0 Å². The van der Waals surface area contributed by atoms with Crippen LogP contribution in [0.5, 0.6) is 0 Å². The van der Waals surface area contributed by atoms with Crippen LogP contribution in [0.2, 0.25) is 13.1 Å². The molecule has 0 atom stereocenters. The van der Waals surface area contributed by atoms with E-state index in [2.05, 4.69) is 49.1 Å². The second kappa shape index (κ2) is 3.74. The monoisotopic (exact) mass is 202 g/mol. The Bertz CT molecular complexity index is 330. The zero-order valence-corrected chi connectivity index (χ0v) is 10.1. The van der Waals surface area contributed by atoms with E-state index in [0.29, 0.717) is 0 Å². The van der Waals surface area contributed by atoms with Gasteiger partial charge in [-0.25, -0.2) is 0 Å². The fourth-order valence-electron chi connectivity index (χ4n) is 1.99. The average Bonchev–Trinajstić information content (AvgIpc) is 2.13. The van der Waals surface area contributed by atoms with E-state index >= 15 is 0 Å². The van der Waals surface area contributed by atoms with Gasteiger partial charge < -0.3 is 0 Å². The van der Waals surface area contributed by atoms with Gasteiger partial charge in [-0.2, -0.15) is 0 Å². The fraction of sp³-hybridized carbons (Fsp3) is 0.385. The second-order valence-electron chi connectivity index (χ2n) is 4.74. The van der Waals surface area contributed by atoms with Crippen molar-refractivity contribution >= 4 is 13.3 Å². The molecule has 1 heteroatoms. The van der Waals surface area contributed by atoms with Gasteiger partial charge in [0.15, 0.2) is 0 Å². The SMILES string of the molecule is C[Si](C)(C=C1CCC1)c1ccccc1. The van der Waals surface area contributed by atoms with Crippen LogP contribution >= 0.6 is 0 Å². The molecule has 1 saturated carbocycles. The quantitative estimate of drug-likeness (QED) is 0.646. The third-order valence-electron chi connectivity index (χ3n) is 3.08. The molecule has 0 saturated heterocycles. The Balaban J connectivity index is 2.23. The summed E-state index contributed by atoms with van der Waals surface area (Å²) >= 11 is 0.